The number of carbonyl (C=O) groups is 2. The normalized spacial score (nSPS) is 11.7. The monoisotopic (exact) mass is 256 g/mol. The molecule has 0 spiro atoms. The van der Waals surface area contributed by atoms with Gasteiger partial charge in [0.15, 0.2) is 6.10 Å². The number of aliphatic hydroxyl groups excluding tert-OH is 1. The Morgan fingerprint density at radius 3 is 2.72 bits per heavy atom. The molecule has 0 fully saturated rings. The molecule has 18 heavy (non-hydrogen) atoms. The van der Waals surface area contributed by atoms with E-state index in [9.17, 15) is 14.0 Å². The second-order valence-corrected chi connectivity index (χ2v) is 3.53. The summed E-state index contributed by atoms with van der Waals surface area (Å²) in [6.07, 6.45) is -1.62. The molecule has 1 aromatic carbocycles. The molecule has 0 saturated heterocycles. The molecule has 98 valence electrons. The zero-order valence-electron chi connectivity index (χ0n) is 9.39. The van der Waals surface area contributed by atoms with Crippen LogP contribution in [0.5, 0.6) is 0 Å². The number of carbonyl (C=O) groups excluding carboxylic acids is 1. The summed E-state index contributed by atoms with van der Waals surface area (Å²) < 4.78 is 12.8. The van der Waals surface area contributed by atoms with E-state index in [2.05, 4.69) is 10.6 Å². The molecule has 0 unspecified atom stereocenters. The molecule has 0 aliphatic rings. The van der Waals surface area contributed by atoms with Crippen LogP contribution >= 0.6 is 0 Å². The highest BCUT2D eigenvalue weighted by Gasteiger charge is 2.12. The van der Waals surface area contributed by atoms with Gasteiger partial charge in [-0.25, -0.2) is 14.0 Å². The lowest BCUT2D eigenvalue weighted by molar-refractivity contribution is -0.146. The van der Waals surface area contributed by atoms with E-state index in [1.54, 1.807) is 0 Å². The van der Waals surface area contributed by atoms with Crippen LogP contribution in [0.15, 0.2) is 24.3 Å². The highest BCUT2D eigenvalue weighted by atomic mass is 19.1. The lowest BCUT2D eigenvalue weighted by Crippen LogP contribution is -2.33. The SMILES string of the molecule is O=C(NCC[C@H](O)C(=O)O)Nc1cccc(F)c1. The van der Waals surface area contributed by atoms with Gasteiger partial charge in [-0.05, 0) is 18.2 Å². The first kappa shape index (κ1) is 13.9. The van der Waals surface area contributed by atoms with Crippen LogP contribution in [0.3, 0.4) is 0 Å². The zero-order chi connectivity index (χ0) is 13.5. The van der Waals surface area contributed by atoms with E-state index in [1.807, 2.05) is 0 Å². The lowest BCUT2D eigenvalue weighted by Gasteiger charge is -2.08. The van der Waals surface area contributed by atoms with Crippen molar-refractivity contribution in [2.45, 2.75) is 12.5 Å². The third-order valence-corrected chi connectivity index (χ3v) is 2.07. The van der Waals surface area contributed by atoms with Gasteiger partial charge in [-0.15, -0.1) is 0 Å². The lowest BCUT2D eigenvalue weighted by atomic mass is 10.2. The molecule has 0 radical (unpaired) electrons. The fraction of sp³-hybridized carbons (Fsp3) is 0.273. The molecule has 6 nitrogen and oxygen atoms in total. The highest BCUT2D eigenvalue weighted by Crippen LogP contribution is 2.08. The molecule has 0 aromatic heterocycles. The van der Waals surface area contributed by atoms with Crippen LogP contribution in [0.4, 0.5) is 14.9 Å². The van der Waals surface area contributed by atoms with E-state index < -0.39 is 23.9 Å². The number of hydrogen-bond donors (Lipinski definition) is 4. The molecule has 2 amide bonds. The van der Waals surface area contributed by atoms with E-state index in [-0.39, 0.29) is 18.7 Å². The van der Waals surface area contributed by atoms with Gasteiger partial charge in [0.1, 0.15) is 5.82 Å². The summed E-state index contributed by atoms with van der Waals surface area (Å²) in [5, 5.41) is 22.0. The number of aliphatic carboxylic acids is 1. The van der Waals surface area contributed by atoms with E-state index in [0.717, 1.165) is 6.07 Å². The second kappa shape index (κ2) is 6.55. The van der Waals surface area contributed by atoms with Crippen molar-refractivity contribution in [2.24, 2.45) is 0 Å². The maximum Gasteiger partial charge on any atom is 0.332 e. The summed E-state index contributed by atoms with van der Waals surface area (Å²) >= 11 is 0. The summed E-state index contributed by atoms with van der Waals surface area (Å²) in [6.45, 7) is -0.00534. The minimum atomic E-state index is -1.51. The number of nitrogens with one attached hydrogen (secondary N) is 2. The summed E-state index contributed by atoms with van der Waals surface area (Å²) in [5.41, 5.74) is 0.284. The van der Waals surface area contributed by atoms with Crippen LogP contribution in [-0.2, 0) is 4.79 Å². The van der Waals surface area contributed by atoms with Gasteiger partial charge in [-0.3, -0.25) is 0 Å². The molecule has 1 aromatic rings. The predicted octanol–water partition coefficient (Wildman–Crippen LogP) is 0.783. The van der Waals surface area contributed by atoms with Crippen molar-refractivity contribution >= 4 is 17.7 Å². The van der Waals surface area contributed by atoms with Gasteiger partial charge >= 0.3 is 12.0 Å². The first-order valence-electron chi connectivity index (χ1n) is 5.20. The zero-order valence-corrected chi connectivity index (χ0v) is 9.39. The Kier molecular flexibility index (Phi) is 5.06. The largest absolute Gasteiger partial charge is 0.479 e. The van der Waals surface area contributed by atoms with Gasteiger partial charge in [0.05, 0.1) is 0 Å². The van der Waals surface area contributed by atoms with E-state index >= 15 is 0 Å². The molecule has 1 atom stereocenters. The number of benzene rings is 1. The summed E-state index contributed by atoms with van der Waals surface area (Å²) in [4.78, 5) is 21.6. The average molecular weight is 256 g/mol. The van der Waals surface area contributed by atoms with Crippen molar-refractivity contribution in [3.8, 4) is 0 Å². The number of rotatable bonds is 5. The fourth-order valence-corrected chi connectivity index (χ4v) is 1.19. The quantitative estimate of drug-likeness (QED) is 0.625. The second-order valence-electron chi connectivity index (χ2n) is 3.53. The Labute approximate surface area is 102 Å². The maximum absolute atomic E-state index is 12.8. The molecule has 4 N–H and O–H groups in total. The van der Waals surface area contributed by atoms with Crippen LogP contribution in [-0.4, -0.2) is 34.9 Å². The van der Waals surface area contributed by atoms with Crippen molar-refractivity contribution in [2.75, 3.05) is 11.9 Å². The smallest absolute Gasteiger partial charge is 0.332 e. The highest BCUT2D eigenvalue weighted by molar-refractivity contribution is 5.89. The maximum atomic E-state index is 12.8. The van der Waals surface area contributed by atoms with Gasteiger partial charge < -0.3 is 20.8 Å². The van der Waals surface area contributed by atoms with Crippen molar-refractivity contribution in [3.63, 3.8) is 0 Å². The van der Waals surface area contributed by atoms with Gasteiger partial charge in [0.25, 0.3) is 0 Å². The van der Waals surface area contributed by atoms with E-state index in [4.69, 9.17) is 10.2 Å². The number of hydrogen-bond acceptors (Lipinski definition) is 3. The number of carboxylic acids is 1. The van der Waals surface area contributed by atoms with Gasteiger partial charge in [0.2, 0.25) is 0 Å². The minimum Gasteiger partial charge on any atom is -0.479 e. The Bertz CT molecular complexity index is 439. The van der Waals surface area contributed by atoms with Crippen molar-refractivity contribution in [1.82, 2.24) is 5.32 Å². The number of anilines is 1. The average Bonchev–Trinajstić information content (AvgIpc) is 2.28. The topological polar surface area (TPSA) is 98.7 Å². The van der Waals surface area contributed by atoms with Crippen LogP contribution in [0, 0.1) is 5.82 Å². The number of amides is 2. The number of halogens is 1. The molecule has 0 heterocycles. The molecular formula is C11H13FN2O4. The molecule has 0 saturated carbocycles. The summed E-state index contributed by atoms with van der Waals surface area (Å²) in [6, 6.07) is 4.74. The Hall–Kier alpha value is -2.15. The van der Waals surface area contributed by atoms with Gasteiger partial charge in [0, 0.05) is 18.7 Å². The van der Waals surface area contributed by atoms with Crippen LogP contribution in [0.2, 0.25) is 0 Å². The summed E-state index contributed by atoms with van der Waals surface area (Å²) in [7, 11) is 0. The van der Waals surface area contributed by atoms with Crippen LogP contribution in [0.25, 0.3) is 0 Å². The number of carboxylic acid groups (broad SMARTS) is 1. The first-order chi connectivity index (χ1) is 8.49. The van der Waals surface area contributed by atoms with Gasteiger partial charge in [-0.1, -0.05) is 6.07 Å². The number of urea groups is 1. The third-order valence-electron chi connectivity index (χ3n) is 2.07. The Morgan fingerprint density at radius 1 is 1.39 bits per heavy atom. The Balaban J connectivity index is 2.32. The molecule has 0 bridgehead atoms. The molecule has 0 aliphatic carbocycles. The third kappa shape index (κ3) is 4.79. The van der Waals surface area contributed by atoms with Gasteiger partial charge in [-0.2, -0.15) is 0 Å². The van der Waals surface area contributed by atoms with Crippen LogP contribution < -0.4 is 10.6 Å². The fourth-order valence-electron chi connectivity index (χ4n) is 1.19. The predicted molar refractivity (Wildman–Crippen MR) is 61.7 cm³/mol. The van der Waals surface area contributed by atoms with E-state index in [0.29, 0.717) is 0 Å². The minimum absolute atomic E-state index is 0.00534. The Morgan fingerprint density at radius 2 is 2.11 bits per heavy atom. The summed E-state index contributed by atoms with van der Waals surface area (Å²) in [5.74, 6) is -1.82. The van der Waals surface area contributed by atoms with E-state index in [1.165, 1.54) is 18.2 Å². The van der Waals surface area contributed by atoms with Crippen molar-refractivity contribution < 1.29 is 24.2 Å². The molecular weight excluding hydrogens is 243 g/mol. The standard InChI is InChI=1S/C11H13FN2O4/c12-7-2-1-3-8(6-7)14-11(18)13-5-4-9(15)10(16)17/h1-3,6,9,15H,4-5H2,(H,16,17)(H2,13,14,18)/t9-/m0/s1. The van der Waals surface area contributed by atoms with Crippen molar-refractivity contribution in [1.29, 1.82) is 0 Å². The first-order valence-corrected chi connectivity index (χ1v) is 5.20. The molecule has 1 rings (SSSR count). The van der Waals surface area contributed by atoms with Crippen LogP contribution in [0.1, 0.15) is 6.42 Å². The van der Waals surface area contributed by atoms with Crippen molar-refractivity contribution in [3.05, 3.63) is 30.1 Å². The molecule has 0 aliphatic heterocycles. The number of aliphatic hydroxyl groups is 1. The molecule has 7 heteroatoms.